The zero-order valence-electron chi connectivity index (χ0n) is 7.77. The van der Waals surface area contributed by atoms with Gasteiger partial charge in [-0.3, -0.25) is 0 Å². The fourth-order valence-corrected chi connectivity index (χ4v) is 1.59. The minimum Gasteiger partial charge on any atom is -0.353 e. The van der Waals surface area contributed by atoms with Crippen LogP contribution in [0, 0.1) is 0 Å². The third-order valence-electron chi connectivity index (χ3n) is 2.26. The SMILES string of the molecule is C[C@@H]1OCC[C@@H](c2ccccc2)O1. The fourth-order valence-electron chi connectivity index (χ4n) is 1.59. The smallest absolute Gasteiger partial charge is 0.155 e. The summed E-state index contributed by atoms with van der Waals surface area (Å²) in [5.74, 6) is 0. The molecule has 0 bridgehead atoms. The van der Waals surface area contributed by atoms with Crippen molar-refractivity contribution in [3.05, 3.63) is 35.9 Å². The van der Waals surface area contributed by atoms with Gasteiger partial charge in [-0.2, -0.15) is 0 Å². The van der Waals surface area contributed by atoms with Crippen LogP contribution in [0.1, 0.15) is 25.0 Å². The molecule has 1 aliphatic heterocycles. The normalized spacial score (nSPS) is 28.7. The van der Waals surface area contributed by atoms with Gasteiger partial charge in [0.2, 0.25) is 0 Å². The van der Waals surface area contributed by atoms with E-state index < -0.39 is 0 Å². The third-order valence-corrected chi connectivity index (χ3v) is 2.26. The molecule has 1 fully saturated rings. The average molecular weight is 178 g/mol. The second kappa shape index (κ2) is 3.90. The fraction of sp³-hybridized carbons (Fsp3) is 0.455. The van der Waals surface area contributed by atoms with E-state index >= 15 is 0 Å². The molecule has 1 aliphatic rings. The standard InChI is InChI=1S/C11H14O2/c1-9-12-8-7-11(13-9)10-5-3-2-4-6-10/h2-6,9,11H,7-8H2,1H3/t9-,11+/m1/s1. The zero-order valence-corrected chi connectivity index (χ0v) is 7.77. The van der Waals surface area contributed by atoms with Crippen molar-refractivity contribution in [2.75, 3.05) is 6.61 Å². The van der Waals surface area contributed by atoms with E-state index in [1.165, 1.54) is 5.56 Å². The van der Waals surface area contributed by atoms with Gasteiger partial charge < -0.3 is 9.47 Å². The van der Waals surface area contributed by atoms with E-state index in [0.29, 0.717) is 0 Å². The summed E-state index contributed by atoms with van der Waals surface area (Å²) in [6.45, 7) is 2.73. The Morgan fingerprint density at radius 3 is 2.69 bits per heavy atom. The minimum absolute atomic E-state index is 0.0704. The second-order valence-electron chi connectivity index (χ2n) is 3.26. The Morgan fingerprint density at radius 2 is 2.00 bits per heavy atom. The first-order valence-electron chi connectivity index (χ1n) is 4.68. The summed E-state index contributed by atoms with van der Waals surface area (Å²) in [5.41, 5.74) is 1.25. The lowest BCUT2D eigenvalue weighted by molar-refractivity contribution is -0.204. The molecule has 0 unspecified atom stereocenters. The van der Waals surface area contributed by atoms with Gasteiger partial charge in [-0.05, 0) is 12.5 Å². The minimum atomic E-state index is -0.0704. The Morgan fingerprint density at radius 1 is 1.23 bits per heavy atom. The van der Waals surface area contributed by atoms with E-state index in [9.17, 15) is 0 Å². The molecule has 0 aromatic heterocycles. The second-order valence-corrected chi connectivity index (χ2v) is 3.26. The number of benzene rings is 1. The molecule has 2 nitrogen and oxygen atoms in total. The molecule has 0 radical (unpaired) electrons. The van der Waals surface area contributed by atoms with E-state index in [1.54, 1.807) is 0 Å². The summed E-state index contributed by atoms with van der Waals surface area (Å²) in [5, 5.41) is 0. The summed E-state index contributed by atoms with van der Waals surface area (Å²) in [7, 11) is 0. The van der Waals surface area contributed by atoms with Gasteiger partial charge in [0.1, 0.15) is 0 Å². The quantitative estimate of drug-likeness (QED) is 0.657. The highest BCUT2D eigenvalue weighted by molar-refractivity contribution is 5.17. The highest BCUT2D eigenvalue weighted by Crippen LogP contribution is 2.26. The first-order valence-corrected chi connectivity index (χ1v) is 4.68. The van der Waals surface area contributed by atoms with Crippen molar-refractivity contribution in [3.8, 4) is 0 Å². The number of rotatable bonds is 1. The van der Waals surface area contributed by atoms with Crippen molar-refractivity contribution in [2.24, 2.45) is 0 Å². The van der Waals surface area contributed by atoms with Crippen LogP contribution in [-0.4, -0.2) is 12.9 Å². The molecule has 1 heterocycles. The predicted octanol–water partition coefficient (Wildman–Crippen LogP) is 2.51. The summed E-state index contributed by atoms with van der Waals surface area (Å²) in [6, 6.07) is 10.3. The van der Waals surface area contributed by atoms with Gasteiger partial charge in [0.25, 0.3) is 0 Å². The Hall–Kier alpha value is -0.860. The van der Waals surface area contributed by atoms with Gasteiger partial charge in [-0.25, -0.2) is 0 Å². The Balaban J connectivity index is 2.08. The maximum absolute atomic E-state index is 5.65. The average Bonchev–Trinajstić information content (AvgIpc) is 2.19. The summed E-state index contributed by atoms with van der Waals surface area (Å²) >= 11 is 0. The van der Waals surface area contributed by atoms with Crippen LogP contribution in [0.4, 0.5) is 0 Å². The molecule has 1 aromatic rings. The third kappa shape index (κ3) is 2.08. The maximum atomic E-state index is 5.65. The van der Waals surface area contributed by atoms with Crippen LogP contribution >= 0.6 is 0 Å². The molecule has 2 atom stereocenters. The van der Waals surface area contributed by atoms with Crippen LogP contribution in [0.3, 0.4) is 0 Å². The highest BCUT2D eigenvalue weighted by Gasteiger charge is 2.20. The first kappa shape index (κ1) is 8.73. The molecule has 1 saturated heterocycles. The van der Waals surface area contributed by atoms with Gasteiger partial charge in [0, 0.05) is 6.42 Å². The van der Waals surface area contributed by atoms with E-state index in [4.69, 9.17) is 9.47 Å². The van der Waals surface area contributed by atoms with E-state index in [2.05, 4.69) is 12.1 Å². The predicted molar refractivity (Wildman–Crippen MR) is 50.3 cm³/mol. The van der Waals surface area contributed by atoms with Gasteiger partial charge in [0.05, 0.1) is 12.7 Å². The molecule has 0 amide bonds. The zero-order chi connectivity index (χ0) is 9.10. The Bertz CT molecular complexity index is 258. The Labute approximate surface area is 78.5 Å². The summed E-state index contributed by atoms with van der Waals surface area (Å²) in [6.07, 6.45) is 1.10. The van der Waals surface area contributed by atoms with E-state index in [-0.39, 0.29) is 12.4 Å². The molecule has 13 heavy (non-hydrogen) atoms. The number of hydrogen-bond donors (Lipinski definition) is 0. The van der Waals surface area contributed by atoms with Crippen LogP contribution < -0.4 is 0 Å². The molecule has 70 valence electrons. The van der Waals surface area contributed by atoms with E-state index in [1.807, 2.05) is 25.1 Å². The number of ether oxygens (including phenoxy) is 2. The van der Waals surface area contributed by atoms with Crippen molar-refractivity contribution in [1.29, 1.82) is 0 Å². The maximum Gasteiger partial charge on any atom is 0.155 e. The highest BCUT2D eigenvalue weighted by atomic mass is 16.7. The van der Waals surface area contributed by atoms with Gasteiger partial charge in [0.15, 0.2) is 6.29 Å². The summed E-state index contributed by atoms with van der Waals surface area (Å²) < 4.78 is 11.0. The van der Waals surface area contributed by atoms with Crippen LogP contribution in [0.15, 0.2) is 30.3 Å². The van der Waals surface area contributed by atoms with E-state index in [0.717, 1.165) is 13.0 Å². The van der Waals surface area contributed by atoms with Crippen LogP contribution in [0.2, 0.25) is 0 Å². The molecular formula is C11H14O2. The molecule has 0 aliphatic carbocycles. The molecule has 2 rings (SSSR count). The molecule has 0 saturated carbocycles. The van der Waals surface area contributed by atoms with Crippen molar-refractivity contribution in [3.63, 3.8) is 0 Å². The first-order chi connectivity index (χ1) is 6.36. The van der Waals surface area contributed by atoms with Crippen molar-refractivity contribution in [2.45, 2.75) is 25.7 Å². The molecular weight excluding hydrogens is 164 g/mol. The Kier molecular flexibility index (Phi) is 2.62. The van der Waals surface area contributed by atoms with Crippen LogP contribution in [-0.2, 0) is 9.47 Å². The lowest BCUT2D eigenvalue weighted by Gasteiger charge is -2.28. The molecule has 0 N–H and O–H groups in total. The van der Waals surface area contributed by atoms with Gasteiger partial charge in [-0.1, -0.05) is 30.3 Å². The van der Waals surface area contributed by atoms with Crippen molar-refractivity contribution >= 4 is 0 Å². The summed E-state index contributed by atoms with van der Waals surface area (Å²) in [4.78, 5) is 0. The molecule has 2 heteroatoms. The molecule has 0 spiro atoms. The van der Waals surface area contributed by atoms with Gasteiger partial charge in [-0.15, -0.1) is 0 Å². The lowest BCUT2D eigenvalue weighted by Crippen LogP contribution is -2.24. The number of hydrogen-bond acceptors (Lipinski definition) is 2. The van der Waals surface area contributed by atoms with Gasteiger partial charge >= 0.3 is 0 Å². The monoisotopic (exact) mass is 178 g/mol. The van der Waals surface area contributed by atoms with Crippen molar-refractivity contribution in [1.82, 2.24) is 0 Å². The molecule has 1 aromatic carbocycles. The largest absolute Gasteiger partial charge is 0.353 e. The van der Waals surface area contributed by atoms with Crippen molar-refractivity contribution < 1.29 is 9.47 Å². The lowest BCUT2D eigenvalue weighted by atomic mass is 10.1. The topological polar surface area (TPSA) is 18.5 Å². The van der Waals surface area contributed by atoms with Crippen LogP contribution in [0.5, 0.6) is 0 Å². The van der Waals surface area contributed by atoms with Crippen LogP contribution in [0.25, 0.3) is 0 Å².